The summed E-state index contributed by atoms with van der Waals surface area (Å²) in [6.45, 7) is 3.06. The minimum Gasteiger partial charge on any atom is -0.460 e. The van der Waals surface area contributed by atoms with Crippen LogP contribution >= 0.6 is 0 Å². The summed E-state index contributed by atoms with van der Waals surface area (Å²) >= 11 is 0. The van der Waals surface area contributed by atoms with Gasteiger partial charge in [0.05, 0.1) is 18.8 Å². The maximum absolute atomic E-state index is 12.9. The van der Waals surface area contributed by atoms with Crippen LogP contribution < -0.4 is 5.32 Å². The first kappa shape index (κ1) is 13.6. The molecule has 0 aliphatic carbocycles. The second-order valence-corrected chi connectivity index (χ2v) is 4.81. The molecule has 0 amide bonds. The molecule has 1 aromatic carbocycles. The fourth-order valence-electron chi connectivity index (χ4n) is 2.05. The van der Waals surface area contributed by atoms with Crippen molar-refractivity contribution < 1.29 is 13.3 Å². The first-order valence-corrected chi connectivity index (χ1v) is 6.68. The van der Waals surface area contributed by atoms with E-state index in [-0.39, 0.29) is 5.82 Å². The summed E-state index contributed by atoms with van der Waals surface area (Å²) in [5.41, 5.74) is 1.72. The number of rotatable bonds is 5. The van der Waals surface area contributed by atoms with E-state index in [2.05, 4.69) is 10.5 Å². The fraction of sp³-hybridized carbons (Fsp3) is 0.188. The Morgan fingerprint density at radius 1 is 1.05 bits per heavy atom. The molecule has 0 aliphatic heterocycles. The molecule has 21 heavy (non-hydrogen) atoms. The van der Waals surface area contributed by atoms with E-state index in [1.165, 1.54) is 12.1 Å². The van der Waals surface area contributed by atoms with E-state index in [9.17, 15) is 4.39 Å². The van der Waals surface area contributed by atoms with Crippen molar-refractivity contribution in [2.75, 3.05) is 0 Å². The predicted octanol–water partition coefficient (Wildman–Crippen LogP) is 3.67. The molecule has 2 aromatic heterocycles. The average Bonchev–Trinajstić information content (AvgIpc) is 3.09. The van der Waals surface area contributed by atoms with Gasteiger partial charge in [-0.1, -0.05) is 5.16 Å². The predicted molar refractivity (Wildman–Crippen MR) is 75.9 cm³/mol. The molecular weight excluding hydrogens is 271 g/mol. The van der Waals surface area contributed by atoms with Crippen molar-refractivity contribution in [1.82, 2.24) is 10.5 Å². The molecule has 0 spiro atoms. The lowest BCUT2D eigenvalue weighted by atomic mass is 10.2. The molecular formula is C16H15FN2O2. The standard InChI is InChI=1S/C16H15FN2O2/c1-11-8-15(21-19-11)10-18-9-14-6-7-16(20-14)12-2-4-13(17)5-3-12/h2-8,18H,9-10H2,1H3. The Morgan fingerprint density at radius 2 is 1.81 bits per heavy atom. The Balaban J connectivity index is 1.59. The number of hydrogen-bond donors (Lipinski definition) is 1. The van der Waals surface area contributed by atoms with Crippen molar-refractivity contribution in [3.05, 3.63) is 65.5 Å². The lowest BCUT2D eigenvalue weighted by Gasteiger charge is -2.00. The molecule has 2 heterocycles. The Morgan fingerprint density at radius 3 is 2.52 bits per heavy atom. The quantitative estimate of drug-likeness (QED) is 0.777. The Bertz CT molecular complexity index is 716. The number of nitrogens with one attached hydrogen (secondary N) is 1. The number of halogens is 1. The van der Waals surface area contributed by atoms with Crippen LogP contribution in [-0.4, -0.2) is 5.16 Å². The maximum atomic E-state index is 12.9. The van der Waals surface area contributed by atoms with Gasteiger partial charge >= 0.3 is 0 Å². The van der Waals surface area contributed by atoms with E-state index in [0.717, 1.165) is 28.5 Å². The van der Waals surface area contributed by atoms with Crippen LogP contribution in [0.15, 0.2) is 51.4 Å². The van der Waals surface area contributed by atoms with Crippen molar-refractivity contribution in [2.45, 2.75) is 20.0 Å². The van der Waals surface area contributed by atoms with Crippen molar-refractivity contribution in [3.8, 4) is 11.3 Å². The highest BCUT2D eigenvalue weighted by Crippen LogP contribution is 2.22. The summed E-state index contributed by atoms with van der Waals surface area (Å²) in [6.07, 6.45) is 0. The van der Waals surface area contributed by atoms with Crippen LogP contribution in [0.5, 0.6) is 0 Å². The lowest BCUT2D eigenvalue weighted by molar-refractivity contribution is 0.366. The lowest BCUT2D eigenvalue weighted by Crippen LogP contribution is -2.11. The molecule has 1 N–H and O–H groups in total. The number of aryl methyl sites for hydroxylation is 1. The Kier molecular flexibility index (Phi) is 3.83. The second-order valence-electron chi connectivity index (χ2n) is 4.81. The largest absolute Gasteiger partial charge is 0.460 e. The van der Waals surface area contributed by atoms with E-state index >= 15 is 0 Å². The molecule has 3 rings (SSSR count). The van der Waals surface area contributed by atoms with E-state index in [1.54, 1.807) is 12.1 Å². The van der Waals surface area contributed by atoms with Crippen molar-refractivity contribution >= 4 is 0 Å². The first-order chi connectivity index (χ1) is 10.2. The van der Waals surface area contributed by atoms with E-state index in [1.807, 2.05) is 25.1 Å². The SMILES string of the molecule is Cc1cc(CNCc2ccc(-c3ccc(F)cc3)o2)on1. The van der Waals surface area contributed by atoms with Gasteiger partial charge in [0.25, 0.3) is 0 Å². The first-order valence-electron chi connectivity index (χ1n) is 6.68. The summed E-state index contributed by atoms with van der Waals surface area (Å²) in [4.78, 5) is 0. The van der Waals surface area contributed by atoms with Gasteiger partial charge in [-0.2, -0.15) is 0 Å². The third-order valence-corrected chi connectivity index (χ3v) is 3.07. The molecule has 108 valence electrons. The van der Waals surface area contributed by atoms with Gasteiger partial charge < -0.3 is 14.3 Å². The summed E-state index contributed by atoms with van der Waals surface area (Å²) in [7, 11) is 0. The van der Waals surface area contributed by atoms with Crippen LogP contribution in [0.4, 0.5) is 4.39 Å². The van der Waals surface area contributed by atoms with Crippen LogP contribution in [0, 0.1) is 12.7 Å². The van der Waals surface area contributed by atoms with Crippen molar-refractivity contribution in [2.24, 2.45) is 0 Å². The van der Waals surface area contributed by atoms with Gasteiger partial charge in [0.15, 0.2) is 5.76 Å². The summed E-state index contributed by atoms with van der Waals surface area (Å²) in [5.74, 6) is 2.07. The van der Waals surface area contributed by atoms with Gasteiger partial charge in [0.2, 0.25) is 0 Å². The topological polar surface area (TPSA) is 51.2 Å². The van der Waals surface area contributed by atoms with Gasteiger partial charge in [-0.05, 0) is 43.3 Å². The molecule has 3 aromatic rings. The third-order valence-electron chi connectivity index (χ3n) is 3.07. The van der Waals surface area contributed by atoms with Crippen molar-refractivity contribution in [1.29, 1.82) is 0 Å². The van der Waals surface area contributed by atoms with Gasteiger partial charge in [0, 0.05) is 11.6 Å². The van der Waals surface area contributed by atoms with Crippen LogP contribution in [0.2, 0.25) is 0 Å². The highest BCUT2D eigenvalue weighted by atomic mass is 19.1. The molecule has 4 nitrogen and oxygen atoms in total. The highest BCUT2D eigenvalue weighted by molar-refractivity contribution is 5.57. The fourth-order valence-corrected chi connectivity index (χ4v) is 2.05. The van der Waals surface area contributed by atoms with Crippen molar-refractivity contribution in [3.63, 3.8) is 0 Å². The maximum Gasteiger partial charge on any atom is 0.150 e. The molecule has 0 unspecified atom stereocenters. The Labute approximate surface area is 121 Å². The van der Waals surface area contributed by atoms with Gasteiger partial charge in [0.1, 0.15) is 17.3 Å². The van der Waals surface area contributed by atoms with Crippen LogP contribution in [0.25, 0.3) is 11.3 Å². The van der Waals surface area contributed by atoms with Crippen LogP contribution in [0.1, 0.15) is 17.2 Å². The number of aromatic nitrogens is 1. The molecule has 0 aliphatic rings. The summed E-state index contributed by atoms with van der Waals surface area (Å²) in [6, 6.07) is 11.9. The molecule has 0 radical (unpaired) electrons. The van der Waals surface area contributed by atoms with E-state index in [4.69, 9.17) is 8.94 Å². The zero-order valence-corrected chi connectivity index (χ0v) is 11.6. The smallest absolute Gasteiger partial charge is 0.150 e. The van der Waals surface area contributed by atoms with E-state index in [0.29, 0.717) is 13.1 Å². The minimum atomic E-state index is -0.255. The number of benzene rings is 1. The zero-order valence-electron chi connectivity index (χ0n) is 11.6. The van der Waals surface area contributed by atoms with E-state index < -0.39 is 0 Å². The average molecular weight is 286 g/mol. The molecule has 0 saturated heterocycles. The molecule has 0 saturated carbocycles. The van der Waals surface area contributed by atoms with Gasteiger partial charge in [-0.25, -0.2) is 4.39 Å². The summed E-state index contributed by atoms with van der Waals surface area (Å²) in [5, 5.41) is 7.04. The normalized spacial score (nSPS) is 11.0. The minimum absolute atomic E-state index is 0.255. The molecule has 0 fully saturated rings. The summed E-state index contributed by atoms with van der Waals surface area (Å²) < 4.78 is 23.7. The number of furan rings is 1. The third kappa shape index (κ3) is 3.38. The molecule has 0 atom stereocenters. The second kappa shape index (κ2) is 5.93. The monoisotopic (exact) mass is 286 g/mol. The molecule has 0 bridgehead atoms. The van der Waals surface area contributed by atoms with Crippen LogP contribution in [-0.2, 0) is 13.1 Å². The van der Waals surface area contributed by atoms with Gasteiger partial charge in [-0.15, -0.1) is 0 Å². The van der Waals surface area contributed by atoms with Gasteiger partial charge in [-0.3, -0.25) is 0 Å². The number of hydrogen-bond acceptors (Lipinski definition) is 4. The van der Waals surface area contributed by atoms with Crippen LogP contribution in [0.3, 0.4) is 0 Å². The zero-order chi connectivity index (χ0) is 14.7. The molecule has 5 heteroatoms. The number of nitrogens with zero attached hydrogens (tertiary/aromatic N) is 1. The highest BCUT2D eigenvalue weighted by Gasteiger charge is 2.06. The Hall–Kier alpha value is -2.40.